The summed E-state index contributed by atoms with van der Waals surface area (Å²) in [5, 5.41) is 9.42. The van der Waals surface area contributed by atoms with Gasteiger partial charge in [0.05, 0.1) is 5.75 Å². The Labute approximate surface area is 163 Å². The SMILES string of the molecule is CCN(CC)C(=O)CSc1nnc(-c2cccnc2)n1-c1ccc(C)cc1. The van der Waals surface area contributed by atoms with Gasteiger partial charge >= 0.3 is 0 Å². The average Bonchev–Trinajstić information content (AvgIpc) is 3.12. The summed E-state index contributed by atoms with van der Waals surface area (Å²) in [6, 6.07) is 12.0. The first-order valence-electron chi connectivity index (χ1n) is 8.97. The Morgan fingerprint density at radius 1 is 1.11 bits per heavy atom. The highest BCUT2D eigenvalue weighted by Crippen LogP contribution is 2.27. The molecule has 0 unspecified atom stereocenters. The van der Waals surface area contributed by atoms with Crippen molar-refractivity contribution in [3.05, 3.63) is 54.4 Å². The maximum absolute atomic E-state index is 12.4. The lowest BCUT2D eigenvalue weighted by atomic mass is 10.2. The summed E-state index contributed by atoms with van der Waals surface area (Å²) in [6.45, 7) is 7.45. The van der Waals surface area contributed by atoms with E-state index in [-0.39, 0.29) is 5.91 Å². The Morgan fingerprint density at radius 3 is 2.48 bits per heavy atom. The molecule has 0 spiro atoms. The number of nitrogens with zero attached hydrogens (tertiary/aromatic N) is 5. The summed E-state index contributed by atoms with van der Waals surface area (Å²) in [4.78, 5) is 18.4. The quantitative estimate of drug-likeness (QED) is 0.585. The number of hydrogen-bond donors (Lipinski definition) is 0. The van der Waals surface area contributed by atoms with E-state index in [0.29, 0.717) is 29.8 Å². The van der Waals surface area contributed by atoms with Crippen LogP contribution in [0.25, 0.3) is 17.1 Å². The summed E-state index contributed by atoms with van der Waals surface area (Å²) < 4.78 is 1.98. The number of amides is 1. The first-order valence-corrected chi connectivity index (χ1v) is 9.96. The molecular formula is C20H23N5OS. The summed E-state index contributed by atoms with van der Waals surface area (Å²) in [6.07, 6.45) is 3.50. The van der Waals surface area contributed by atoms with Crippen LogP contribution in [-0.4, -0.2) is 49.4 Å². The Morgan fingerprint density at radius 2 is 1.85 bits per heavy atom. The van der Waals surface area contributed by atoms with Gasteiger partial charge < -0.3 is 4.90 Å². The predicted molar refractivity (Wildman–Crippen MR) is 108 cm³/mol. The molecule has 1 aromatic carbocycles. The molecule has 0 fully saturated rings. The van der Waals surface area contributed by atoms with Gasteiger partial charge in [0, 0.05) is 36.7 Å². The maximum Gasteiger partial charge on any atom is 0.233 e. The van der Waals surface area contributed by atoms with E-state index >= 15 is 0 Å². The minimum atomic E-state index is 0.103. The fraction of sp³-hybridized carbons (Fsp3) is 0.300. The van der Waals surface area contributed by atoms with Gasteiger partial charge in [0.15, 0.2) is 11.0 Å². The van der Waals surface area contributed by atoms with E-state index in [1.54, 1.807) is 12.4 Å². The molecule has 0 aliphatic carbocycles. The smallest absolute Gasteiger partial charge is 0.233 e. The first kappa shape index (κ1) is 19.1. The molecule has 0 N–H and O–H groups in total. The van der Waals surface area contributed by atoms with Crippen LogP contribution < -0.4 is 0 Å². The second-order valence-electron chi connectivity index (χ2n) is 6.07. The van der Waals surface area contributed by atoms with Crippen LogP contribution >= 0.6 is 11.8 Å². The van der Waals surface area contributed by atoms with E-state index in [2.05, 4.69) is 34.2 Å². The van der Waals surface area contributed by atoms with Crippen molar-refractivity contribution in [1.82, 2.24) is 24.6 Å². The molecule has 1 amide bonds. The standard InChI is InChI=1S/C20H23N5OS/c1-4-24(5-2)18(26)14-27-20-23-22-19(16-7-6-12-21-13-16)25(20)17-10-8-15(3)9-11-17/h6-13H,4-5,14H2,1-3H3. The van der Waals surface area contributed by atoms with Gasteiger partial charge in [-0.15, -0.1) is 10.2 Å². The van der Waals surface area contributed by atoms with Crippen LogP contribution in [0.1, 0.15) is 19.4 Å². The molecule has 140 valence electrons. The van der Waals surface area contributed by atoms with Crippen LogP contribution in [0.15, 0.2) is 53.9 Å². The number of carbonyl (C=O) groups excluding carboxylic acids is 1. The lowest BCUT2D eigenvalue weighted by molar-refractivity contribution is -0.127. The molecule has 2 aromatic heterocycles. The van der Waals surface area contributed by atoms with Gasteiger partial charge in [-0.3, -0.25) is 14.3 Å². The van der Waals surface area contributed by atoms with Crippen LogP contribution in [0.3, 0.4) is 0 Å². The molecule has 0 saturated carbocycles. The molecule has 0 aliphatic rings. The minimum Gasteiger partial charge on any atom is -0.343 e. The zero-order valence-corrected chi connectivity index (χ0v) is 16.6. The van der Waals surface area contributed by atoms with E-state index < -0.39 is 0 Å². The van der Waals surface area contributed by atoms with Crippen LogP contribution in [-0.2, 0) is 4.79 Å². The topological polar surface area (TPSA) is 63.9 Å². The third-order valence-electron chi connectivity index (χ3n) is 4.29. The fourth-order valence-corrected chi connectivity index (χ4v) is 3.62. The van der Waals surface area contributed by atoms with E-state index in [4.69, 9.17) is 0 Å². The second kappa shape index (κ2) is 8.81. The summed E-state index contributed by atoms with van der Waals surface area (Å²) >= 11 is 1.41. The number of pyridine rings is 1. The molecule has 3 aromatic rings. The van der Waals surface area contributed by atoms with Crippen molar-refractivity contribution in [1.29, 1.82) is 0 Å². The zero-order valence-electron chi connectivity index (χ0n) is 15.8. The molecule has 0 saturated heterocycles. The Bertz CT molecular complexity index is 888. The molecule has 3 rings (SSSR count). The van der Waals surface area contributed by atoms with E-state index in [0.717, 1.165) is 11.3 Å². The average molecular weight is 382 g/mol. The van der Waals surface area contributed by atoms with Gasteiger partial charge in [-0.25, -0.2) is 0 Å². The van der Waals surface area contributed by atoms with Crippen molar-refractivity contribution >= 4 is 17.7 Å². The third-order valence-corrected chi connectivity index (χ3v) is 5.20. The Kier molecular flexibility index (Phi) is 6.24. The maximum atomic E-state index is 12.4. The summed E-state index contributed by atoms with van der Waals surface area (Å²) in [5.74, 6) is 1.15. The van der Waals surface area contributed by atoms with Gasteiger partial charge in [0.1, 0.15) is 0 Å². The van der Waals surface area contributed by atoms with Crippen molar-refractivity contribution in [3.8, 4) is 17.1 Å². The minimum absolute atomic E-state index is 0.103. The predicted octanol–water partition coefficient (Wildman–Crippen LogP) is 3.60. The van der Waals surface area contributed by atoms with Crippen molar-refractivity contribution in [3.63, 3.8) is 0 Å². The van der Waals surface area contributed by atoms with E-state index in [1.807, 2.05) is 47.6 Å². The molecule has 6 nitrogen and oxygen atoms in total. The zero-order chi connectivity index (χ0) is 19.2. The summed E-state index contributed by atoms with van der Waals surface area (Å²) in [7, 11) is 0. The highest BCUT2D eigenvalue weighted by molar-refractivity contribution is 7.99. The normalized spacial score (nSPS) is 10.8. The monoisotopic (exact) mass is 381 g/mol. The molecule has 2 heterocycles. The van der Waals surface area contributed by atoms with Crippen LogP contribution in [0.2, 0.25) is 0 Å². The number of rotatable bonds is 7. The molecule has 0 radical (unpaired) electrons. The van der Waals surface area contributed by atoms with Gasteiger partial charge in [-0.2, -0.15) is 0 Å². The molecule has 7 heteroatoms. The number of aryl methyl sites for hydroxylation is 1. The van der Waals surface area contributed by atoms with Crippen molar-refractivity contribution in [2.75, 3.05) is 18.8 Å². The van der Waals surface area contributed by atoms with Crippen molar-refractivity contribution in [2.24, 2.45) is 0 Å². The fourth-order valence-electron chi connectivity index (χ4n) is 2.77. The van der Waals surface area contributed by atoms with E-state index in [9.17, 15) is 4.79 Å². The number of aromatic nitrogens is 4. The van der Waals surface area contributed by atoms with E-state index in [1.165, 1.54) is 17.3 Å². The largest absolute Gasteiger partial charge is 0.343 e. The molecule has 27 heavy (non-hydrogen) atoms. The number of benzene rings is 1. The lowest BCUT2D eigenvalue weighted by Crippen LogP contribution is -2.31. The number of carbonyl (C=O) groups is 1. The van der Waals surface area contributed by atoms with Gasteiger partial charge in [0.25, 0.3) is 0 Å². The highest BCUT2D eigenvalue weighted by Gasteiger charge is 2.18. The van der Waals surface area contributed by atoms with Gasteiger partial charge in [0.2, 0.25) is 5.91 Å². The Hall–Kier alpha value is -2.67. The first-order chi connectivity index (χ1) is 13.1. The summed E-state index contributed by atoms with van der Waals surface area (Å²) in [5.41, 5.74) is 3.02. The lowest BCUT2D eigenvalue weighted by Gasteiger charge is -2.18. The number of hydrogen-bond acceptors (Lipinski definition) is 5. The highest BCUT2D eigenvalue weighted by atomic mass is 32.2. The molecule has 0 bridgehead atoms. The molecule has 0 atom stereocenters. The van der Waals surface area contributed by atoms with Gasteiger partial charge in [-0.1, -0.05) is 29.5 Å². The van der Waals surface area contributed by atoms with Crippen LogP contribution in [0.5, 0.6) is 0 Å². The van der Waals surface area contributed by atoms with Crippen molar-refractivity contribution in [2.45, 2.75) is 25.9 Å². The van der Waals surface area contributed by atoms with Crippen molar-refractivity contribution < 1.29 is 4.79 Å². The van der Waals surface area contributed by atoms with Gasteiger partial charge in [-0.05, 0) is 45.0 Å². The molecular weight excluding hydrogens is 358 g/mol. The van der Waals surface area contributed by atoms with Crippen LogP contribution in [0.4, 0.5) is 0 Å². The second-order valence-corrected chi connectivity index (χ2v) is 7.02. The third kappa shape index (κ3) is 4.36. The Balaban J connectivity index is 1.95. The number of thioether (sulfide) groups is 1. The molecule has 0 aliphatic heterocycles. The van der Waals surface area contributed by atoms with Crippen LogP contribution in [0, 0.1) is 6.92 Å².